The fourth-order valence-electron chi connectivity index (χ4n) is 3.08. The number of benzene rings is 1. The summed E-state index contributed by atoms with van der Waals surface area (Å²) in [6, 6.07) is 10.4. The molecule has 0 fully saturated rings. The van der Waals surface area contributed by atoms with Gasteiger partial charge in [0.1, 0.15) is 22.3 Å². The fourth-order valence-corrected chi connectivity index (χ4v) is 3.84. The van der Waals surface area contributed by atoms with Crippen molar-refractivity contribution in [3.05, 3.63) is 76.3 Å². The van der Waals surface area contributed by atoms with Crippen LogP contribution in [0.5, 0.6) is 0 Å². The summed E-state index contributed by atoms with van der Waals surface area (Å²) in [6.07, 6.45) is 3.76. The largest absolute Gasteiger partial charge is 0.460 e. The minimum atomic E-state index is -0.292. The van der Waals surface area contributed by atoms with Crippen LogP contribution in [0, 0.1) is 12.7 Å². The number of hydrogen-bond acceptors (Lipinski definition) is 5. The molecule has 4 aromatic rings. The maximum atomic E-state index is 13.7. The van der Waals surface area contributed by atoms with Crippen molar-refractivity contribution in [1.82, 2.24) is 19.7 Å². The van der Waals surface area contributed by atoms with E-state index >= 15 is 0 Å². The second kappa shape index (κ2) is 7.69. The molecule has 1 unspecified atom stereocenters. The highest BCUT2D eigenvalue weighted by atomic mass is 32.1. The lowest BCUT2D eigenvalue weighted by Gasteiger charge is -2.22. The molecule has 0 saturated carbocycles. The van der Waals surface area contributed by atoms with Crippen LogP contribution in [-0.2, 0) is 6.54 Å². The zero-order valence-electron chi connectivity index (χ0n) is 16.0. The van der Waals surface area contributed by atoms with E-state index in [1.807, 2.05) is 42.9 Å². The van der Waals surface area contributed by atoms with Gasteiger partial charge in [-0.1, -0.05) is 6.07 Å². The Bertz CT molecular complexity index is 1070. The molecule has 5 nitrogen and oxygen atoms in total. The molecule has 0 N–H and O–H groups in total. The van der Waals surface area contributed by atoms with Gasteiger partial charge in [-0.2, -0.15) is 5.10 Å². The third-order valence-electron chi connectivity index (χ3n) is 4.73. The molecule has 0 amide bonds. The molecule has 144 valence electrons. The number of aromatic nitrogens is 3. The van der Waals surface area contributed by atoms with Crippen LogP contribution < -0.4 is 0 Å². The zero-order chi connectivity index (χ0) is 19.7. The lowest BCUT2D eigenvalue weighted by molar-refractivity contribution is 0.252. The second-order valence-electron chi connectivity index (χ2n) is 6.80. The Balaban J connectivity index is 1.70. The molecule has 3 aromatic heterocycles. The zero-order valence-corrected chi connectivity index (χ0v) is 16.8. The summed E-state index contributed by atoms with van der Waals surface area (Å²) >= 11 is 1.64. The molecule has 0 saturated heterocycles. The van der Waals surface area contributed by atoms with E-state index in [1.54, 1.807) is 22.1 Å². The van der Waals surface area contributed by atoms with Gasteiger partial charge in [-0.25, -0.2) is 14.1 Å². The Morgan fingerprint density at radius 2 is 2.14 bits per heavy atom. The number of aryl methyl sites for hydroxylation is 1. The first-order chi connectivity index (χ1) is 13.5. The van der Waals surface area contributed by atoms with E-state index in [4.69, 9.17) is 9.52 Å². The van der Waals surface area contributed by atoms with Crippen molar-refractivity contribution in [3.63, 3.8) is 0 Å². The second-order valence-corrected chi connectivity index (χ2v) is 7.73. The first-order valence-corrected chi connectivity index (χ1v) is 9.90. The summed E-state index contributed by atoms with van der Waals surface area (Å²) in [6.45, 7) is 4.70. The normalized spacial score (nSPS) is 12.6. The Kier molecular flexibility index (Phi) is 5.11. The van der Waals surface area contributed by atoms with Crippen LogP contribution in [0.1, 0.15) is 29.3 Å². The van der Waals surface area contributed by atoms with E-state index < -0.39 is 0 Å². The predicted molar refractivity (Wildman–Crippen MR) is 108 cm³/mol. The standard InChI is InChI=1S/C21H21FN4OS/c1-14-7-8-19(27-14)20-16(12-25(3)15(2)21-23-9-10-28-21)13-26(24-20)18-6-4-5-17(22)11-18/h4-11,13,15H,12H2,1-3H3. The Hall–Kier alpha value is -2.77. The maximum absolute atomic E-state index is 13.7. The van der Waals surface area contributed by atoms with Gasteiger partial charge in [0.25, 0.3) is 0 Å². The molecule has 0 aliphatic heterocycles. The number of nitrogens with zero attached hydrogens (tertiary/aromatic N) is 4. The first kappa shape index (κ1) is 18.6. The van der Waals surface area contributed by atoms with Crippen molar-refractivity contribution in [1.29, 1.82) is 0 Å². The predicted octanol–water partition coefficient (Wildman–Crippen LogP) is 5.23. The van der Waals surface area contributed by atoms with Crippen LogP contribution in [0.3, 0.4) is 0 Å². The molecule has 0 radical (unpaired) electrons. The molecule has 28 heavy (non-hydrogen) atoms. The molecule has 1 atom stereocenters. The van der Waals surface area contributed by atoms with Crippen LogP contribution in [0.15, 0.2) is 58.6 Å². The van der Waals surface area contributed by atoms with Crippen molar-refractivity contribution < 1.29 is 8.81 Å². The van der Waals surface area contributed by atoms with Crippen LogP contribution >= 0.6 is 11.3 Å². The number of furan rings is 1. The number of hydrogen-bond donors (Lipinski definition) is 0. The van der Waals surface area contributed by atoms with E-state index in [2.05, 4.69) is 23.9 Å². The molecular formula is C21H21FN4OS. The monoisotopic (exact) mass is 396 g/mol. The van der Waals surface area contributed by atoms with Crippen LogP contribution in [0.2, 0.25) is 0 Å². The summed E-state index contributed by atoms with van der Waals surface area (Å²) in [5.41, 5.74) is 2.44. The van der Waals surface area contributed by atoms with Gasteiger partial charge in [-0.3, -0.25) is 4.90 Å². The Labute approximate surface area is 167 Å². The summed E-state index contributed by atoms with van der Waals surface area (Å²) < 4.78 is 21.2. The molecule has 0 bridgehead atoms. The van der Waals surface area contributed by atoms with E-state index in [0.29, 0.717) is 18.0 Å². The highest BCUT2D eigenvalue weighted by Gasteiger charge is 2.20. The smallest absolute Gasteiger partial charge is 0.154 e. The van der Waals surface area contributed by atoms with Crippen molar-refractivity contribution in [2.75, 3.05) is 7.05 Å². The molecule has 4 rings (SSSR count). The summed E-state index contributed by atoms with van der Waals surface area (Å²) in [5.74, 6) is 1.24. The minimum Gasteiger partial charge on any atom is -0.460 e. The number of thiazole rings is 1. The van der Waals surface area contributed by atoms with Crippen LogP contribution in [-0.4, -0.2) is 26.7 Å². The molecule has 3 heterocycles. The molecule has 1 aromatic carbocycles. The quantitative estimate of drug-likeness (QED) is 0.448. The van der Waals surface area contributed by atoms with E-state index in [9.17, 15) is 4.39 Å². The van der Waals surface area contributed by atoms with Crippen molar-refractivity contribution >= 4 is 11.3 Å². The highest BCUT2D eigenvalue weighted by molar-refractivity contribution is 7.09. The number of rotatable bonds is 6. The van der Waals surface area contributed by atoms with Crippen LogP contribution in [0.25, 0.3) is 17.1 Å². The minimum absolute atomic E-state index is 0.170. The van der Waals surface area contributed by atoms with Gasteiger partial charge < -0.3 is 4.42 Å². The van der Waals surface area contributed by atoms with Gasteiger partial charge >= 0.3 is 0 Å². The lowest BCUT2D eigenvalue weighted by atomic mass is 10.2. The third-order valence-corrected chi connectivity index (χ3v) is 5.67. The first-order valence-electron chi connectivity index (χ1n) is 9.02. The Morgan fingerprint density at radius 3 is 2.82 bits per heavy atom. The fraction of sp³-hybridized carbons (Fsp3) is 0.238. The van der Waals surface area contributed by atoms with Gasteiger partial charge in [-0.05, 0) is 51.2 Å². The third kappa shape index (κ3) is 3.76. The SMILES string of the molecule is Cc1ccc(-c2nn(-c3cccc(F)c3)cc2CN(C)C(C)c2nccs2)o1. The Morgan fingerprint density at radius 1 is 1.29 bits per heavy atom. The lowest BCUT2D eigenvalue weighted by Crippen LogP contribution is -2.21. The van der Waals surface area contributed by atoms with E-state index in [0.717, 1.165) is 22.0 Å². The molecule has 0 aliphatic rings. The number of halogens is 1. The van der Waals surface area contributed by atoms with Gasteiger partial charge in [0.2, 0.25) is 0 Å². The van der Waals surface area contributed by atoms with Gasteiger partial charge in [0.05, 0.1) is 11.7 Å². The average Bonchev–Trinajstić information content (AvgIpc) is 3.41. The van der Waals surface area contributed by atoms with Gasteiger partial charge in [0.15, 0.2) is 5.76 Å². The highest BCUT2D eigenvalue weighted by Crippen LogP contribution is 2.29. The van der Waals surface area contributed by atoms with Gasteiger partial charge in [-0.15, -0.1) is 11.3 Å². The summed E-state index contributed by atoms with van der Waals surface area (Å²) in [5, 5.41) is 7.75. The summed E-state index contributed by atoms with van der Waals surface area (Å²) in [7, 11) is 2.06. The molecule has 7 heteroatoms. The molecule has 0 spiro atoms. The van der Waals surface area contributed by atoms with Crippen molar-refractivity contribution in [2.45, 2.75) is 26.4 Å². The molecular weight excluding hydrogens is 375 g/mol. The average molecular weight is 396 g/mol. The topological polar surface area (TPSA) is 47.1 Å². The summed E-state index contributed by atoms with van der Waals surface area (Å²) in [4.78, 5) is 6.63. The van der Waals surface area contributed by atoms with Crippen molar-refractivity contribution in [2.24, 2.45) is 0 Å². The maximum Gasteiger partial charge on any atom is 0.154 e. The van der Waals surface area contributed by atoms with Crippen LogP contribution in [0.4, 0.5) is 4.39 Å². The van der Waals surface area contributed by atoms with E-state index in [1.165, 1.54) is 12.1 Å². The molecule has 0 aliphatic carbocycles. The van der Waals surface area contributed by atoms with E-state index in [-0.39, 0.29) is 11.9 Å². The van der Waals surface area contributed by atoms with Gasteiger partial charge in [0, 0.05) is 29.9 Å². The van der Waals surface area contributed by atoms with Crippen molar-refractivity contribution in [3.8, 4) is 17.1 Å².